The summed E-state index contributed by atoms with van der Waals surface area (Å²) in [5.41, 5.74) is 7.39. The Labute approximate surface area is 184 Å². The van der Waals surface area contributed by atoms with Gasteiger partial charge in [-0.25, -0.2) is 9.59 Å². The van der Waals surface area contributed by atoms with E-state index in [0.29, 0.717) is 11.3 Å². The topological polar surface area (TPSA) is 81.9 Å². The normalized spacial score (nSPS) is 15.3. The Bertz CT molecular complexity index is 886. The Morgan fingerprint density at radius 2 is 1.65 bits per heavy atom. The zero-order valence-electron chi connectivity index (χ0n) is 18.5. The van der Waals surface area contributed by atoms with Crippen LogP contribution in [0, 0.1) is 0 Å². The van der Waals surface area contributed by atoms with Crippen molar-refractivity contribution < 1.29 is 19.1 Å². The van der Waals surface area contributed by atoms with Crippen molar-refractivity contribution in [2.75, 3.05) is 5.73 Å². The first-order valence-electron chi connectivity index (χ1n) is 10.8. The highest BCUT2D eigenvalue weighted by molar-refractivity contribution is 5.83. The van der Waals surface area contributed by atoms with Crippen LogP contribution in [0.3, 0.4) is 0 Å². The van der Waals surface area contributed by atoms with Gasteiger partial charge in [-0.3, -0.25) is 4.90 Å². The first-order chi connectivity index (χ1) is 14.7. The van der Waals surface area contributed by atoms with Crippen LogP contribution in [-0.2, 0) is 20.8 Å². The summed E-state index contributed by atoms with van der Waals surface area (Å²) in [5.74, 6) is -0.446. The van der Waals surface area contributed by atoms with E-state index in [1.54, 1.807) is 26.8 Å². The van der Waals surface area contributed by atoms with E-state index < -0.39 is 23.7 Å². The zero-order chi connectivity index (χ0) is 22.4. The molecule has 6 nitrogen and oxygen atoms in total. The van der Waals surface area contributed by atoms with Gasteiger partial charge in [-0.2, -0.15) is 0 Å². The maximum absolute atomic E-state index is 13.4. The zero-order valence-corrected chi connectivity index (χ0v) is 18.5. The lowest BCUT2D eigenvalue weighted by Gasteiger charge is -2.33. The van der Waals surface area contributed by atoms with Gasteiger partial charge in [0.25, 0.3) is 0 Å². The van der Waals surface area contributed by atoms with Crippen molar-refractivity contribution in [1.29, 1.82) is 0 Å². The number of nitrogens with zero attached hydrogens (tertiary/aromatic N) is 1. The van der Waals surface area contributed by atoms with Crippen molar-refractivity contribution >= 4 is 17.7 Å². The number of ether oxygens (including phenoxy) is 2. The molecule has 1 fully saturated rings. The van der Waals surface area contributed by atoms with Gasteiger partial charge in [0.05, 0.1) is 6.54 Å². The Kier molecular flexibility index (Phi) is 7.21. The molecule has 3 rings (SSSR count). The number of anilines is 1. The SMILES string of the molecule is CC(C)(C)OC(=O)N(Cc1ccccc1N)[C@H](C(=O)OC1CCCC1)c1ccccc1. The fraction of sp³-hybridized carbons (Fsp3) is 0.440. The number of amides is 1. The minimum atomic E-state index is -0.934. The third-order valence-electron chi connectivity index (χ3n) is 5.26. The Balaban J connectivity index is 1.99. The fourth-order valence-electron chi connectivity index (χ4n) is 3.76. The molecule has 1 aliphatic carbocycles. The van der Waals surface area contributed by atoms with Crippen molar-refractivity contribution in [3.63, 3.8) is 0 Å². The average Bonchev–Trinajstić information content (AvgIpc) is 3.21. The maximum atomic E-state index is 13.4. The molecule has 1 saturated carbocycles. The van der Waals surface area contributed by atoms with Crippen molar-refractivity contribution in [2.24, 2.45) is 0 Å². The maximum Gasteiger partial charge on any atom is 0.411 e. The van der Waals surface area contributed by atoms with Gasteiger partial charge in [-0.1, -0.05) is 48.5 Å². The summed E-state index contributed by atoms with van der Waals surface area (Å²) in [4.78, 5) is 28.1. The number of nitrogen functional groups attached to an aromatic ring is 1. The molecule has 2 aromatic rings. The third-order valence-corrected chi connectivity index (χ3v) is 5.26. The van der Waals surface area contributed by atoms with Gasteiger partial charge < -0.3 is 15.2 Å². The molecule has 0 unspecified atom stereocenters. The Hall–Kier alpha value is -3.02. The summed E-state index contributed by atoms with van der Waals surface area (Å²) in [7, 11) is 0. The van der Waals surface area contributed by atoms with E-state index in [9.17, 15) is 9.59 Å². The number of carbonyl (C=O) groups is 2. The molecule has 166 valence electrons. The van der Waals surface area contributed by atoms with Crippen LogP contribution in [0.4, 0.5) is 10.5 Å². The highest BCUT2D eigenvalue weighted by Crippen LogP contribution is 2.30. The average molecular weight is 425 g/mol. The summed E-state index contributed by atoms with van der Waals surface area (Å²) >= 11 is 0. The molecule has 31 heavy (non-hydrogen) atoms. The lowest BCUT2D eigenvalue weighted by atomic mass is 10.0. The summed E-state index contributed by atoms with van der Waals surface area (Å²) in [6, 6.07) is 15.6. The second-order valence-electron chi connectivity index (χ2n) is 8.96. The molecule has 0 saturated heterocycles. The van der Waals surface area contributed by atoms with Gasteiger partial charge in [0.1, 0.15) is 11.7 Å². The van der Waals surface area contributed by atoms with Crippen LogP contribution in [0.15, 0.2) is 54.6 Å². The van der Waals surface area contributed by atoms with Crippen molar-refractivity contribution in [1.82, 2.24) is 4.90 Å². The molecule has 0 radical (unpaired) electrons. The van der Waals surface area contributed by atoms with Crippen LogP contribution in [0.2, 0.25) is 0 Å². The fourth-order valence-corrected chi connectivity index (χ4v) is 3.76. The summed E-state index contributed by atoms with van der Waals surface area (Å²) in [6.45, 7) is 5.53. The minimum absolute atomic E-state index is 0.110. The van der Waals surface area contributed by atoms with E-state index in [1.165, 1.54) is 4.90 Å². The van der Waals surface area contributed by atoms with E-state index in [1.807, 2.05) is 48.5 Å². The van der Waals surface area contributed by atoms with Gasteiger partial charge in [0.2, 0.25) is 0 Å². The van der Waals surface area contributed by atoms with Gasteiger partial charge in [0, 0.05) is 5.69 Å². The van der Waals surface area contributed by atoms with Gasteiger partial charge >= 0.3 is 12.1 Å². The van der Waals surface area contributed by atoms with E-state index in [0.717, 1.165) is 31.2 Å². The first-order valence-corrected chi connectivity index (χ1v) is 10.8. The quantitative estimate of drug-likeness (QED) is 0.507. The van der Waals surface area contributed by atoms with Crippen molar-refractivity contribution in [3.05, 3.63) is 65.7 Å². The molecule has 0 aliphatic heterocycles. The standard InChI is InChI=1S/C25H32N2O4/c1-25(2,3)31-24(29)27(17-19-13-7-10-16-21(19)26)22(18-11-5-4-6-12-18)23(28)30-20-14-8-9-15-20/h4-7,10-13,16,20,22H,8-9,14-15,17,26H2,1-3H3/t22-/m0/s1. The summed E-state index contributed by atoms with van der Waals surface area (Å²) < 4.78 is 11.5. The molecule has 2 N–H and O–H groups in total. The molecular formula is C25H32N2O4. The third kappa shape index (κ3) is 6.23. The monoisotopic (exact) mass is 424 g/mol. The van der Waals surface area contributed by atoms with E-state index in [-0.39, 0.29) is 12.6 Å². The second-order valence-corrected chi connectivity index (χ2v) is 8.96. The number of carbonyl (C=O) groups excluding carboxylic acids is 2. The molecule has 0 aromatic heterocycles. The van der Waals surface area contributed by atoms with E-state index >= 15 is 0 Å². The van der Waals surface area contributed by atoms with Crippen LogP contribution >= 0.6 is 0 Å². The van der Waals surface area contributed by atoms with Crippen molar-refractivity contribution in [2.45, 2.75) is 70.7 Å². The molecule has 1 aliphatic rings. The molecule has 1 atom stereocenters. The molecular weight excluding hydrogens is 392 g/mol. The van der Waals surface area contributed by atoms with Gasteiger partial charge in [0.15, 0.2) is 6.04 Å². The number of esters is 1. The second kappa shape index (κ2) is 9.86. The number of hydrogen-bond acceptors (Lipinski definition) is 5. The van der Waals surface area contributed by atoms with Gasteiger partial charge in [-0.15, -0.1) is 0 Å². The minimum Gasteiger partial charge on any atom is -0.461 e. The Morgan fingerprint density at radius 3 is 2.26 bits per heavy atom. The number of benzene rings is 2. The molecule has 0 heterocycles. The number of rotatable bonds is 6. The number of para-hydroxylation sites is 1. The summed E-state index contributed by atoms with van der Waals surface area (Å²) in [5, 5.41) is 0. The lowest BCUT2D eigenvalue weighted by Crippen LogP contribution is -2.43. The van der Waals surface area contributed by atoms with E-state index in [4.69, 9.17) is 15.2 Å². The highest BCUT2D eigenvalue weighted by Gasteiger charge is 2.37. The Morgan fingerprint density at radius 1 is 1.03 bits per heavy atom. The molecule has 0 bridgehead atoms. The van der Waals surface area contributed by atoms with Crippen molar-refractivity contribution in [3.8, 4) is 0 Å². The molecule has 0 spiro atoms. The van der Waals surface area contributed by atoms with Crippen LogP contribution < -0.4 is 5.73 Å². The lowest BCUT2D eigenvalue weighted by molar-refractivity contribution is -0.155. The van der Waals surface area contributed by atoms with Crippen LogP contribution in [0.5, 0.6) is 0 Å². The molecule has 6 heteroatoms. The van der Waals surface area contributed by atoms with Crippen LogP contribution in [0.25, 0.3) is 0 Å². The number of nitrogens with two attached hydrogens (primary N) is 1. The highest BCUT2D eigenvalue weighted by atomic mass is 16.6. The first kappa shape index (κ1) is 22.7. The number of hydrogen-bond donors (Lipinski definition) is 1. The molecule has 1 amide bonds. The largest absolute Gasteiger partial charge is 0.461 e. The predicted molar refractivity (Wildman–Crippen MR) is 120 cm³/mol. The van der Waals surface area contributed by atoms with Crippen LogP contribution in [0.1, 0.15) is 63.6 Å². The molecule has 2 aromatic carbocycles. The van der Waals surface area contributed by atoms with Gasteiger partial charge in [-0.05, 0) is 63.6 Å². The predicted octanol–water partition coefficient (Wildman–Crippen LogP) is 5.23. The van der Waals surface area contributed by atoms with Crippen LogP contribution in [-0.4, -0.2) is 28.7 Å². The smallest absolute Gasteiger partial charge is 0.411 e. The summed E-state index contributed by atoms with van der Waals surface area (Å²) in [6.07, 6.45) is 3.10. The van der Waals surface area contributed by atoms with E-state index in [2.05, 4.69) is 0 Å².